The number of nitrogens with zero attached hydrogens (tertiary/aromatic N) is 3. The summed E-state index contributed by atoms with van der Waals surface area (Å²) in [5.74, 6) is 2.85. The number of nitrogens with one attached hydrogen (secondary N) is 2. The average Bonchev–Trinajstić information content (AvgIpc) is 3.14. The highest BCUT2D eigenvalue weighted by molar-refractivity contribution is 5.89. The van der Waals surface area contributed by atoms with Crippen molar-refractivity contribution in [1.82, 2.24) is 15.3 Å². The standard InChI is InChI=1S/C19H23N5O3/c1-13-9-18(24-7-3-2-4-8-24)23-17(21-13)11-20-19(25)22-14-5-6-15-16(10-14)27-12-26-15/h5-6,9-10H,2-4,7-8,11-12H2,1H3,(H2,20,22,25). The van der Waals surface area contributed by atoms with Crippen LogP contribution in [0.2, 0.25) is 0 Å². The van der Waals surface area contributed by atoms with Crippen molar-refractivity contribution in [1.29, 1.82) is 0 Å². The average molecular weight is 369 g/mol. The van der Waals surface area contributed by atoms with E-state index < -0.39 is 0 Å². The van der Waals surface area contributed by atoms with Crippen LogP contribution in [-0.4, -0.2) is 35.9 Å². The predicted octanol–water partition coefficient (Wildman–Crippen LogP) is 2.83. The van der Waals surface area contributed by atoms with Gasteiger partial charge in [0.15, 0.2) is 11.5 Å². The number of ether oxygens (including phenoxy) is 2. The lowest BCUT2D eigenvalue weighted by atomic mass is 10.1. The van der Waals surface area contributed by atoms with Crippen LogP contribution in [0.4, 0.5) is 16.3 Å². The second-order valence-electron chi connectivity index (χ2n) is 6.71. The van der Waals surface area contributed by atoms with E-state index in [1.165, 1.54) is 19.3 Å². The number of amides is 2. The molecule has 2 amide bonds. The number of anilines is 2. The van der Waals surface area contributed by atoms with E-state index in [0.29, 0.717) is 23.0 Å². The number of carbonyl (C=O) groups is 1. The lowest BCUT2D eigenvalue weighted by Crippen LogP contribution is -2.32. The molecule has 27 heavy (non-hydrogen) atoms. The number of rotatable bonds is 4. The van der Waals surface area contributed by atoms with E-state index in [1.807, 2.05) is 13.0 Å². The van der Waals surface area contributed by atoms with E-state index in [2.05, 4.69) is 25.5 Å². The molecule has 0 radical (unpaired) electrons. The zero-order valence-corrected chi connectivity index (χ0v) is 15.3. The molecule has 0 spiro atoms. The Morgan fingerprint density at radius 2 is 1.93 bits per heavy atom. The van der Waals surface area contributed by atoms with Crippen molar-refractivity contribution in [2.75, 3.05) is 30.1 Å². The van der Waals surface area contributed by atoms with E-state index in [4.69, 9.17) is 9.47 Å². The van der Waals surface area contributed by atoms with Gasteiger partial charge in [0, 0.05) is 36.6 Å². The van der Waals surface area contributed by atoms with Crippen molar-refractivity contribution in [3.63, 3.8) is 0 Å². The summed E-state index contributed by atoms with van der Waals surface area (Å²) in [7, 11) is 0. The molecule has 8 nitrogen and oxygen atoms in total. The Hall–Kier alpha value is -3.03. The molecule has 4 rings (SSSR count). The maximum Gasteiger partial charge on any atom is 0.319 e. The minimum absolute atomic E-state index is 0.203. The van der Waals surface area contributed by atoms with Crippen LogP contribution in [0.25, 0.3) is 0 Å². The van der Waals surface area contributed by atoms with Crippen LogP contribution in [0.3, 0.4) is 0 Å². The topological polar surface area (TPSA) is 88.6 Å². The lowest BCUT2D eigenvalue weighted by Gasteiger charge is -2.28. The molecule has 8 heteroatoms. The fourth-order valence-electron chi connectivity index (χ4n) is 3.29. The predicted molar refractivity (Wildman–Crippen MR) is 101 cm³/mol. The first kappa shape index (κ1) is 17.4. The number of aromatic nitrogens is 2. The molecule has 2 aliphatic rings. The molecule has 142 valence electrons. The molecule has 0 saturated carbocycles. The highest BCUT2D eigenvalue weighted by Gasteiger charge is 2.16. The summed E-state index contributed by atoms with van der Waals surface area (Å²) in [6.07, 6.45) is 3.65. The van der Waals surface area contributed by atoms with E-state index in [9.17, 15) is 4.79 Å². The van der Waals surface area contributed by atoms with Crippen LogP contribution in [0.15, 0.2) is 24.3 Å². The van der Waals surface area contributed by atoms with Crippen LogP contribution in [0.1, 0.15) is 30.8 Å². The lowest BCUT2D eigenvalue weighted by molar-refractivity contribution is 0.174. The molecule has 2 aromatic rings. The van der Waals surface area contributed by atoms with Gasteiger partial charge in [0.2, 0.25) is 6.79 Å². The molecule has 2 aliphatic heterocycles. The third-order valence-electron chi connectivity index (χ3n) is 4.60. The fraction of sp³-hybridized carbons (Fsp3) is 0.421. The quantitative estimate of drug-likeness (QED) is 0.862. The van der Waals surface area contributed by atoms with Gasteiger partial charge in [-0.05, 0) is 38.3 Å². The van der Waals surface area contributed by atoms with Gasteiger partial charge < -0.3 is 25.0 Å². The van der Waals surface area contributed by atoms with Gasteiger partial charge >= 0.3 is 6.03 Å². The zero-order valence-electron chi connectivity index (χ0n) is 15.3. The maximum atomic E-state index is 12.2. The molecule has 1 saturated heterocycles. The molecule has 0 atom stereocenters. The molecule has 1 aromatic heterocycles. The fourth-order valence-corrected chi connectivity index (χ4v) is 3.29. The molecule has 0 aliphatic carbocycles. The minimum atomic E-state index is -0.321. The number of aryl methyl sites for hydroxylation is 1. The van der Waals surface area contributed by atoms with Crippen molar-refractivity contribution in [3.8, 4) is 11.5 Å². The van der Waals surface area contributed by atoms with Gasteiger partial charge in [-0.3, -0.25) is 0 Å². The van der Waals surface area contributed by atoms with Crippen molar-refractivity contribution < 1.29 is 14.3 Å². The summed E-state index contributed by atoms with van der Waals surface area (Å²) < 4.78 is 10.6. The van der Waals surface area contributed by atoms with Gasteiger partial charge in [-0.15, -0.1) is 0 Å². The second kappa shape index (κ2) is 7.69. The van der Waals surface area contributed by atoms with Gasteiger partial charge in [0.25, 0.3) is 0 Å². The number of hydrogen-bond acceptors (Lipinski definition) is 6. The van der Waals surface area contributed by atoms with Crippen molar-refractivity contribution in [2.24, 2.45) is 0 Å². The first-order valence-electron chi connectivity index (χ1n) is 9.21. The number of urea groups is 1. The Bertz CT molecular complexity index is 836. The first-order valence-corrected chi connectivity index (χ1v) is 9.21. The normalized spacial score (nSPS) is 15.5. The summed E-state index contributed by atoms with van der Waals surface area (Å²) in [6, 6.07) is 6.96. The van der Waals surface area contributed by atoms with Gasteiger partial charge in [-0.25, -0.2) is 14.8 Å². The molecule has 0 bridgehead atoms. The first-order chi connectivity index (χ1) is 13.2. The third-order valence-corrected chi connectivity index (χ3v) is 4.60. The highest BCUT2D eigenvalue weighted by atomic mass is 16.7. The number of fused-ring (bicyclic) bond motifs is 1. The molecule has 3 heterocycles. The summed E-state index contributed by atoms with van der Waals surface area (Å²) in [5, 5.41) is 5.59. The second-order valence-corrected chi connectivity index (χ2v) is 6.71. The number of piperidine rings is 1. The maximum absolute atomic E-state index is 12.2. The summed E-state index contributed by atoms with van der Waals surface area (Å²) >= 11 is 0. The summed E-state index contributed by atoms with van der Waals surface area (Å²) in [5.41, 5.74) is 1.54. The van der Waals surface area contributed by atoms with E-state index in [0.717, 1.165) is 24.6 Å². The Morgan fingerprint density at radius 3 is 2.78 bits per heavy atom. The number of carbonyl (C=O) groups excluding carboxylic acids is 1. The van der Waals surface area contributed by atoms with Crippen molar-refractivity contribution in [3.05, 3.63) is 35.8 Å². The van der Waals surface area contributed by atoms with E-state index in [1.54, 1.807) is 18.2 Å². The number of benzene rings is 1. The van der Waals surface area contributed by atoms with Crippen molar-refractivity contribution in [2.45, 2.75) is 32.7 Å². The summed E-state index contributed by atoms with van der Waals surface area (Å²) in [6.45, 7) is 4.46. The van der Waals surface area contributed by atoms with Crippen LogP contribution >= 0.6 is 0 Å². The van der Waals surface area contributed by atoms with E-state index in [-0.39, 0.29) is 19.4 Å². The Balaban J connectivity index is 1.36. The Morgan fingerprint density at radius 1 is 1.11 bits per heavy atom. The molecule has 1 aromatic carbocycles. The minimum Gasteiger partial charge on any atom is -0.454 e. The monoisotopic (exact) mass is 369 g/mol. The van der Waals surface area contributed by atoms with Crippen LogP contribution in [0.5, 0.6) is 11.5 Å². The van der Waals surface area contributed by atoms with Crippen molar-refractivity contribution >= 4 is 17.5 Å². The third kappa shape index (κ3) is 4.21. The van der Waals surface area contributed by atoms with Crippen LogP contribution in [-0.2, 0) is 6.54 Å². The van der Waals surface area contributed by atoms with E-state index >= 15 is 0 Å². The Labute approximate surface area is 157 Å². The van der Waals surface area contributed by atoms with Gasteiger partial charge in [0.1, 0.15) is 11.6 Å². The number of hydrogen-bond donors (Lipinski definition) is 2. The largest absolute Gasteiger partial charge is 0.454 e. The SMILES string of the molecule is Cc1cc(N2CCCCC2)nc(CNC(=O)Nc2ccc3c(c2)OCO3)n1. The molecular formula is C19H23N5O3. The smallest absolute Gasteiger partial charge is 0.319 e. The molecule has 2 N–H and O–H groups in total. The Kier molecular flexibility index (Phi) is 4.95. The molecule has 1 fully saturated rings. The van der Waals surface area contributed by atoms with Crippen LogP contribution in [0, 0.1) is 6.92 Å². The highest BCUT2D eigenvalue weighted by Crippen LogP contribution is 2.34. The zero-order chi connectivity index (χ0) is 18.6. The molecule has 0 unspecified atom stereocenters. The summed E-state index contributed by atoms with van der Waals surface area (Å²) in [4.78, 5) is 23.5. The van der Waals surface area contributed by atoms with Crippen LogP contribution < -0.4 is 25.0 Å². The molecular weight excluding hydrogens is 346 g/mol. The van der Waals surface area contributed by atoms with Gasteiger partial charge in [0.05, 0.1) is 6.54 Å². The van der Waals surface area contributed by atoms with Gasteiger partial charge in [-0.2, -0.15) is 0 Å². The van der Waals surface area contributed by atoms with Gasteiger partial charge in [-0.1, -0.05) is 0 Å².